The van der Waals surface area contributed by atoms with E-state index in [-0.39, 0.29) is 18.2 Å². The van der Waals surface area contributed by atoms with E-state index in [1.165, 1.54) is 0 Å². The number of nitrogens with one attached hydrogen (secondary N) is 1. The zero-order valence-electron chi connectivity index (χ0n) is 13.1. The van der Waals surface area contributed by atoms with Crippen LogP contribution >= 0.6 is 23.2 Å². The molecule has 2 aliphatic heterocycles. The number of hydrogen-bond acceptors (Lipinski definition) is 3. The van der Waals surface area contributed by atoms with E-state index in [4.69, 9.17) is 23.2 Å². The largest absolute Gasteiger partial charge is 0.389 e. The van der Waals surface area contributed by atoms with Crippen molar-refractivity contribution in [1.29, 1.82) is 0 Å². The van der Waals surface area contributed by atoms with Gasteiger partial charge in [-0.15, -0.1) is 0 Å². The van der Waals surface area contributed by atoms with Gasteiger partial charge in [-0.3, -0.25) is 9.59 Å². The normalized spacial score (nSPS) is 27.1. The van der Waals surface area contributed by atoms with Crippen LogP contribution in [0.25, 0.3) is 0 Å². The van der Waals surface area contributed by atoms with Gasteiger partial charge in [0.15, 0.2) is 0 Å². The summed E-state index contributed by atoms with van der Waals surface area (Å²) in [4.78, 5) is 26.8. The number of nitrogens with zero attached hydrogens (tertiary/aromatic N) is 1. The van der Waals surface area contributed by atoms with Crippen molar-refractivity contribution in [2.45, 2.75) is 43.1 Å². The molecule has 1 aromatic rings. The van der Waals surface area contributed by atoms with Crippen LogP contribution < -0.4 is 5.32 Å². The zero-order chi connectivity index (χ0) is 17.1. The first kappa shape index (κ1) is 16.2. The average molecular weight is 369 g/mol. The number of benzene rings is 1. The Morgan fingerprint density at radius 1 is 1.25 bits per heavy atom. The van der Waals surface area contributed by atoms with Crippen molar-refractivity contribution in [3.05, 3.63) is 27.7 Å². The SMILES string of the molecule is O=C(CC1(O)CCC1)N1CC[C@]2(C1)C(=O)Nc1cc(Cl)c(Cl)cc12. The van der Waals surface area contributed by atoms with Gasteiger partial charge in [-0.05, 0) is 43.4 Å². The van der Waals surface area contributed by atoms with Gasteiger partial charge in [0.2, 0.25) is 11.8 Å². The Hall–Kier alpha value is -1.30. The smallest absolute Gasteiger partial charge is 0.237 e. The monoisotopic (exact) mass is 368 g/mol. The van der Waals surface area contributed by atoms with E-state index in [2.05, 4.69) is 5.32 Å². The fourth-order valence-electron chi connectivity index (χ4n) is 3.99. The van der Waals surface area contributed by atoms with Crippen molar-refractivity contribution in [2.75, 3.05) is 18.4 Å². The van der Waals surface area contributed by atoms with E-state index >= 15 is 0 Å². The van der Waals surface area contributed by atoms with Crippen LogP contribution in [0.1, 0.15) is 37.7 Å². The molecule has 128 valence electrons. The molecule has 2 heterocycles. The van der Waals surface area contributed by atoms with Crippen LogP contribution in [-0.2, 0) is 15.0 Å². The second-order valence-corrected chi connectivity index (χ2v) is 7.98. The number of rotatable bonds is 2. The second kappa shape index (κ2) is 5.35. The van der Waals surface area contributed by atoms with E-state index in [9.17, 15) is 14.7 Å². The van der Waals surface area contributed by atoms with Crippen LogP contribution in [0.3, 0.4) is 0 Å². The summed E-state index contributed by atoms with van der Waals surface area (Å²) in [6.07, 6.45) is 3.00. The summed E-state index contributed by atoms with van der Waals surface area (Å²) in [5.41, 5.74) is -0.137. The molecule has 2 N–H and O–H groups in total. The molecule has 0 aromatic heterocycles. The Labute approximate surface area is 149 Å². The minimum absolute atomic E-state index is 0.0876. The van der Waals surface area contributed by atoms with Crippen LogP contribution in [0.4, 0.5) is 5.69 Å². The van der Waals surface area contributed by atoms with Gasteiger partial charge >= 0.3 is 0 Å². The van der Waals surface area contributed by atoms with Gasteiger partial charge in [-0.25, -0.2) is 0 Å². The highest BCUT2D eigenvalue weighted by Gasteiger charge is 2.53. The first-order valence-electron chi connectivity index (χ1n) is 8.14. The van der Waals surface area contributed by atoms with Crippen LogP contribution in [0.5, 0.6) is 0 Å². The Bertz CT molecular complexity index is 748. The molecule has 0 radical (unpaired) electrons. The minimum atomic E-state index is -0.848. The van der Waals surface area contributed by atoms with E-state index in [1.807, 2.05) is 0 Å². The van der Waals surface area contributed by atoms with Crippen molar-refractivity contribution >= 4 is 40.7 Å². The number of halogens is 2. The van der Waals surface area contributed by atoms with E-state index in [0.29, 0.717) is 48.1 Å². The lowest BCUT2D eigenvalue weighted by atomic mass is 9.77. The molecule has 3 aliphatic rings. The lowest BCUT2D eigenvalue weighted by Crippen LogP contribution is -2.44. The summed E-state index contributed by atoms with van der Waals surface area (Å²) in [6, 6.07) is 3.39. The molecule has 2 amide bonds. The number of carbonyl (C=O) groups excluding carboxylic acids is 2. The van der Waals surface area contributed by atoms with Gasteiger partial charge in [0.05, 0.1) is 27.5 Å². The van der Waals surface area contributed by atoms with Gasteiger partial charge in [-0.2, -0.15) is 0 Å². The van der Waals surface area contributed by atoms with Crippen molar-refractivity contribution in [1.82, 2.24) is 4.90 Å². The van der Waals surface area contributed by atoms with Gasteiger partial charge in [0, 0.05) is 18.8 Å². The Balaban J connectivity index is 1.59. The van der Waals surface area contributed by atoms with Crippen molar-refractivity contribution in [3.63, 3.8) is 0 Å². The molecule has 1 spiro atoms. The topological polar surface area (TPSA) is 69.6 Å². The van der Waals surface area contributed by atoms with Gasteiger partial charge < -0.3 is 15.3 Å². The first-order valence-corrected chi connectivity index (χ1v) is 8.90. The molecule has 1 atom stereocenters. The number of carbonyl (C=O) groups is 2. The highest BCUT2D eigenvalue weighted by molar-refractivity contribution is 6.42. The standard InChI is InChI=1S/C17H18Cl2N2O3/c18-11-6-10-13(7-12(11)19)20-15(23)17(10)4-5-21(9-17)14(22)8-16(24)2-1-3-16/h6-7,24H,1-5,8-9H2,(H,20,23)/t17-/m1/s1. The molecule has 5 nitrogen and oxygen atoms in total. The van der Waals surface area contributed by atoms with Gasteiger partial charge in [-0.1, -0.05) is 23.2 Å². The number of likely N-dealkylation sites (tertiary alicyclic amines) is 1. The maximum absolute atomic E-state index is 12.6. The highest BCUT2D eigenvalue weighted by atomic mass is 35.5. The number of amides is 2. The second-order valence-electron chi connectivity index (χ2n) is 7.17. The van der Waals surface area contributed by atoms with Crippen LogP contribution in [0.15, 0.2) is 12.1 Å². The maximum atomic E-state index is 12.6. The highest BCUT2D eigenvalue weighted by Crippen LogP contribution is 2.47. The molecular weight excluding hydrogens is 351 g/mol. The third-order valence-corrected chi connectivity index (χ3v) is 6.37. The molecule has 2 fully saturated rings. The molecular formula is C17H18Cl2N2O3. The molecule has 7 heteroatoms. The van der Waals surface area contributed by atoms with Gasteiger partial charge in [0.1, 0.15) is 0 Å². The third-order valence-electron chi connectivity index (χ3n) is 5.65. The Kier molecular flexibility index (Phi) is 3.61. The molecule has 1 saturated heterocycles. The first-order chi connectivity index (χ1) is 11.3. The molecule has 1 saturated carbocycles. The van der Waals surface area contributed by atoms with E-state index < -0.39 is 11.0 Å². The van der Waals surface area contributed by atoms with Gasteiger partial charge in [0.25, 0.3) is 0 Å². The lowest BCUT2D eigenvalue weighted by molar-refractivity contribution is -0.139. The molecule has 1 aromatic carbocycles. The molecule has 0 unspecified atom stereocenters. The fourth-order valence-corrected chi connectivity index (χ4v) is 4.32. The number of anilines is 1. The number of hydrogen-bond donors (Lipinski definition) is 2. The predicted octanol–water partition coefficient (Wildman–Crippen LogP) is 2.72. The minimum Gasteiger partial charge on any atom is -0.389 e. The van der Waals surface area contributed by atoms with Crippen molar-refractivity contribution < 1.29 is 14.7 Å². The Morgan fingerprint density at radius 3 is 2.62 bits per heavy atom. The molecule has 24 heavy (non-hydrogen) atoms. The number of fused-ring (bicyclic) bond motifs is 2. The summed E-state index contributed by atoms with van der Waals surface area (Å²) in [5.74, 6) is -0.205. The fraction of sp³-hybridized carbons (Fsp3) is 0.529. The van der Waals surface area contributed by atoms with Crippen LogP contribution in [0, 0.1) is 0 Å². The number of aliphatic hydroxyl groups is 1. The predicted molar refractivity (Wildman–Crippen MR) is 91.4 cm³/mol. The molecule has 0 bridgehead atoms. The summed E-state index contributed by atoms with van der Waals surface area (Å²) in [7, 11) is 0. The van der Waals surface area contributed by atoms with Crippen molar-refractivity contribution in [3.8, 4) is 0 Å². The maximum Gasteiger partial charge on any atom is 0.237 e. The average Bonchev–Trinajstić information content (AvgIpc) is 3.04. The summed E-state index contributed by atoms with van der Waals surface area (Å²) in [5, 5.41) is 13.9. The summed E-state index contributed by atoms with van der Waals surface area (Å²) >= 11 is 12.2. The van der Waals surface area contributed by atoms with E-state index in [1.54, 1.807) is 17.0 Å². The van der Waals surface area contributed by atoms with Crippen LogP contribution in [-0.4, -0.2) is 40.5 Å². The molecule has 1 aliphatic carbocycles. The van der Waals surface area contributed by atoms with Crippen LogP contribution in [0.2, 0.25) is 10.0 Å². The molecule has 4 rings (SSSR count). The summed E-state index contributed by atoms with van der Waals surface area (Å²) < 4.78 is 0. The third kappa shape index (κ3) is 2.33. The van der Waals surface area contributed by atoms with E-state index in [0.717, 1.165) is 12.0 Å². The zero-order valence-corrected chi connectivity index (χ0v) is 14.6. The van der Waals surface area contributed by atoms with Crippen molar-refractivity contribution in [2.24, 2.45) is 0 Å². The quantitative estimate of drug-likeness (QED) is 0.842. The summed E-state index contributed by atoms with van der Waals surface area (Å²) in [6.45, 7) is 0.820. The lowest BCUT2D eigenvalue weighted by Gasteiger charge is -2.37. The Morgan fingerprint density at radius 2 is 1.96 bits per heavy atom.